The third-order valence-electron chi connectivity index (χ3n) is 4.00. The highest BCUT2D eigenvalue weighted by atomic mass is 127. The van der Waals surface area contributed by atoms with Gasteiger partial charge in [-0.2, -0.15) is 5.10 Å². The Labute approximate surface area is 183 Å². The van der Waals surface area contributed by atoms with Crippen molar-refractivity contribution in [1.82, 2.24) is 5.43 Å². The minimum absolute atomic E-state index is 0.489. The lowest BCUT2D eigenvalue weighted by Crippen LogP contribution is -2.05. The van der Waals surface area contributed by atoms with E-state index in [1.807, 2.05) is 42.5 Å². The van der Waals surface area contributed by atoms with E-state index in [1.54, 1.807) is 13.3 Å². The summed E-state index contributed by atoms with van der Waals surface area (Å²) in [6.07, 6.45) is 1.75. The predicted octanol–water partition coefficient (Wildman–Crippen LogP) is 5.66. The van der Waals surface area contributed by atoms with Crippen LogP contribution in [0, 0.1) is 3.57 Å². The van der Waals surface area contributed by atoms with Crippen LogP contribution >= 0.6 is 34.2 Å². The summed E-state index contributed by atoms with van der Waals surface area (Å²) in [4.78, 5) is 0. The maximum atomic E-state index is 5.90. The van der Waals surface area contributed by atoms with Crippen molar-refractivity contribution in [2.45, 2.75) is 13.2 Å². The number of benzene rings is 3. The van der Waals surface area contributed by atoms with Gasteiger partial charge in [0.25, 0.3) is 0 Å². The summed E-state index contributed by atoms with van der Waals surface area (Å²) in [6, 6.07) is 21.6. The van der Waals surface area contributed by atoms with Crippen LogP contribution in [0.2, 0.25) is 5.02 Å². The standard InChI is InChI=1S/C22H20ClIN2O2/c1-27-22-12-18(14-26-25-13-16-2-7-19(23)8-3-16)6-11-21(22)28-15-17-4-9-20(24)10-5-17/h2-12,14,25H,13,15H2,1H3/b26-14-. The third-order valence-corrected chi connectivity index (χ3v) is 4.97. The second-order valence-electron chi connectivity index (χ2n) is 6.04. The molecule has 3 rings (SSSR count). The number of ether oxygens (including phenoxy) is 2. The van der Waals surface area contributed by atoms with Crippen molar-refractivity contribution in [2.75, 3.05) is 7.11 Å². The first-order valence-electron chi connectivity index (χ1n) is 8.70. The van der Waals surface area contributed by atoms with E-state index in [9.17, 15) is 0 Å². The van der Waals surface area contributed by atoms with E-state index in [1.165, 1.54) is 3.57 Å². The molecule has 0 spiro atoms. The molecule has 1 N–H and O–H groups in total. The molecule has 3 aromatic carbocycles. The number of methoxy groups -OCH3 is 1. The normalized spacial score (nSPS) is 10.8. The summed E-state index contributed by atoms with van der Waals surface area (Å²) in [6.45, 7) is 1.12. The Hall–Kier alpha value is -2.25. The molecule has 6 heteroatoms. The Kier molecular flexibility index (Phi) is 7.56. The molecular weight excluding hydrogens is 487 g/mol. The summed E-state index contributed by atoms with van der Waals surface area (Å²) in [5.41, 5.74) is 6.17. The van der Waals surface area contributed by atoms with Gasteiger partial charge in [0.1, 0.15) is 6.61 Å². The third kappa shape index (κ3) is 6.14. The number of hydrogen-bond donors (Lipinski definition) is 1. The van der Waals surface area contributed by atoms with Gasteiger partial charge < -0.3 is 14.9 Å². The second-order valence-corrected chi connectivity index (χ2v) is 7.73. The molecule has 0 aliphatic carbocycles. The average molecular weight is 507 g/mol. The molecule has 0 heterocycles. The average Bonchev–Trinajstić information content (AvgIpc) is 2.72. The number of rotatable bonds is 8. The summed E-state index contributed by atoms with van der Waals surface area (Å²) < 4.78 is 12.6. The Bertz CT molecular complexity index is 928. The predicted molar refractivity (Wildman–Crippen MR) is 122 cm³/mol. The summed E-state index contributed by atoms with van der Waals surface area (Å²) in [7, 11) is 1.63. The van der Waals surface area contributed by atoms with Gasteiger partial charge in [-0.25, -0.2) is 0 Å². The van der Waals surface area contributed by atoms with Crippen molar-refractivity contribution in [3.63, 3.8) is 0 Å². The van der Waals surface area contributed by atoms with Crippen LogP contribution in [0.15, 0.2) is 71.8 Å². The molecule has 0 radical (unpaired) electrons. The number of nitrogens with zero attached hydrogens (tertiary/aromatic N) is 1. The monoisotopic (exact) mass is 506 g/mol. The molecule has 4 nitrogen and oxygen atoms in total. The van der Waals surface area contributed by atoms with Crippen molar-refractivity contribution >= 4 is 40.4 Å². The van der Waals surface area contributed by atoms with Gasteiger partial charge in [-0.1, -0.05) is 35.9 Å². The zero-order valence-electron chi connectivity index (χ0n) is 15.4. The molecule has 0 aliphatic heterocycles. The van der Waals surface area contributed by atoms with Crippen molar-refractivity contribution < 1.29 is 9.47 Å². The molecule has 0 atom stereocenters. The maximum absolute atomic E-state index is 5.90. The van der Waals surface area contributed by atoms with Crippen LogP contribution in [0.4, 0.5) is 0 Å². The van der Waals surface area contributed by atoms with Crippen molar-refractivity contribution in [2.24, 2.45) is 5.10 Å². The molecule has 0 bridgehead atoms. The summed E-state index contributed by atoms with van der Waals surface area (Å²) in [5.74, 6) is 1.37. The van der Waals surface area contributed by atoms with Crippen molar-refractivity contribution in [3.8, 4) is 11.5 Å². The lowest BCUT2D eigenvalue weighted by Gasteiger charge is -2.11. The van der Waals surface area contributed by atoms with E-state index in [0.29, 0.717) is 24.7 Å². The second kappa shape index (κ2) is 10.3. The van der Waals surface area contributed by atoms with Gasteiger partial charge in [0.2, 0.25) is 0 Å². The SMILES string of the molecule is COc1cc(/C=N\NCc2ccc(Cl)cc2)ccc1OCc1ccc(I)cc1. The lowest BCUT2D eigenvalue weighted by atomic mass is 10.2. The molecule has 0 aromatic heterocycles. The van der Waals surface area contributed by atoms with Crippen LogP contribution in [-0.2, 0) is 13.2 Å². The topological polar surface area (TPSA) is 42.8 Å². The quantitative estimate of drug-likeness (QED) is 0.244. The smallest absolute Gasteiger partial charge is 0.161 e. The van der Waals surface area contributed by atoms with Gasteiger partial charge >= 0.3 is 0 Å². The zero-order chi connectivity index (χ0) is 19.8. The first-order chi connectivity index (χ1) is 13.6. The molecule has 0 saturated carbocycles. The zero-order valence-corrected chi connectivity index (χ0v) is 18.3. The lowest BCUT2D eigenvalue weighted by molar-refractivity contribution is 0.284. The Morgan fingerprint density at radius 1 is 0.964 bits per heavy atom. The van der Waals surface area contributed by atoms with Crippen LogP contribution < -0.4 is 14.9 Å². The highest BCUT2D eigenvalue weighted by Gasteiger charge is 2.06. The van der Waals surface area contributed by atoms with Crippen molar-refractivity contribution in [1.29, 1.82) is 0 Å². The molecule has 0 unspecified atom stereocenters. The number of nitrogens with one attached hydrogen (secondary N) is 1. The van der Waals surface area contributed by atoms with Gasteiger partial charge in [0, 0.05) is 8.59 Å². The minimum atomic E-state index is 0.489. The molecule has 0 amide bonds. The number of halogens is 2. The molecule has 0 fully saturated rings. The number of hydrogen-bond acceptors (Lipinski definition) is 4. The van der Waals surface area contributed by atoms with Gasteiger partial charge in [-0.05, 0) is 81.7 Å². The van der Waals surface area contributed by atoms with Gasteiger partial charge in [0.05, 0.1) is 19.9 Å². The highest BCUT2D eigenvalue weighted by molar-refractivity contribution is 14.1. The van der Waals surface area contributed by atoms with Crippen LogP contribution in [0.1, 0.15) is 16.7 Å². The number of hydrazone groups is 1. The molecule has 0 saturated heterocycles. The Morgan fingerprint density at radius 2 is 1.68 bits per heavy atom. The maximum Gasteiger partial charge on any atom is 0.161 e. The fraction of sp³-hybridized carbons (Fsp3) is 0.136. The van der Waals surface area contributed by atoms with E-state index in [2.05, 4.69) is 57.4 Å². The minimum Gasteiger partial charge on any atom is -0.493 e. The van der Waals surface area contributed by atoms with E-state index >= 15 is 0 Å². The molecule has 28 heavy (non-hydrogen) atoms. The van der Waals surface area contributed by atoms with Crippen LogP contribution in [-0.4, -0.2) is 13.3 Å². The van der Waals surface area contributed by atoms with Gasteiger partial charge in [-0.3, -0.25) is 0 Å². The van der Waals surface area contributed by atoms with E-state index in [-0.39, 0.29) is 0 Å². The fourth-order valence-electron chi connectivity index (χ4n) is 2.48. The van der Waals surface area contributed by atoms with Crippen LogP contribution in [0.25, 0.3) is 0 Å². The summed E-state index contributed by atoms with van der Waals surface area (Å²) >= 11 is 8.17. The van der Waals surface area contributed by atoms with Gasteiger partial charge in [0.15, 0.2) is 11.5 Å². The van der Waals surface area contributed by atoms with Crippen molar-refractivity contribution in [3.05, 3.63) is 92.0 Å². The Morgan fingerprint density at radius 3 is 2.39 bits per heavy atom. The summed E-state index contributed by atoms with van der Waals surface area (Å²) in [5, 5.41) is 4.99. The fourth-order valence-corrected chi connectivity index (χ4v) is 2.97. The first kappa shape index (κ1) is 20.5. The van der Waals surface area contributed by atoms with E-state index in [0.717, 1.165) is 21.7 Å². The van der Waals surface area contributed by atoms with E-state index < -0.39 is 0 Å². The molecule has 0 aliphatic rings. The Balaban J connectivity index is 1.57. The molecule has 144 valence electrons. The van der Waals surface area contributed by atoms with Crippen LogP contribution in [0.3, 0.4) is 0 Å². The van der Waals surface area contributed by atoms with Gasteiger partial charge in [-0.15, -0.1) is 0 Å². The first-order valence-corrected chi connectivity index (χ1v) is 10.2. The van der Waals surface area contributed by atoms with Crippen LogP contribution in [0.5, 0.6) is 11.5 Å². The largest absolute Gasteiger partial charge is 0.493 e. The van der Waals surface area contributed by atoms with E-state index in [4.69, 9.17) is 21.1 Å². The highest BCUT2D eigenvalue weighted by Crippen LogP contribution is 2.28. The molecular formula is C22H20ClIN2O2. The molecule has 3 aromatic rings.